The number of alkyl halides is 1. The Balaban J connectivity index is 1.41. The van der Waals surface area contributed by atoms with Gasteiger partial charge in [0.1, 0.15) is 55.4 Å². The maximum absolute atomic E-state index is 13.3. The molecule has 6 aliphatic heterocycles. The first-order chi connectivity index (χ1) is 56.8. The van der Waals surface area contributed by atoms with Crippen LogP contribution in [0.5, 0.6) is 0 Å². The lowest BCUT2D eigenvalue weighted by Crippen LogP contribution is -2.66. The molecule has 0 spiro atoms. The topological polar surface area (TPSA) is 598 Å². The number of aliphatic hydroxyl groups excluding tert-OH is 2. The Morgan fingerprint density at radius 3 is 0.562 bits per heavy atom. The molecule has 2 N–H and O–H groups in total. The normalized spacial score (nSPS) is 33.8. The molecule has 121 heavy (non-hydrogen) atoms. The molecule has 0 bridgehead atoms. The van der Waals surface area contributed by atoms with Gasteiger partial charge < -0.3 is 148 Å². The third-order valence-electron chi connectivity index (χ3n) is 17.4. The van der Waals surface area contributed by atoms with E-state index in [0.29, 0.717) is 0 Å². The molecule has 30 atom stereocenters. The molecule has 6 saturated heterocycles. The Morgan fingerprint density at radius 2 is 0.364 bits per heavy atom. The molecule has 0 aromatic rings. The van der Waals surface area contributed by atoms with E-state index in [1.165, 1.54) is 0 Å². The number of aliphatic hydroxyl groups is 2. The predicted molar refractivity (Wildman–Crippen MR) is 376 cm³/mol. The van der Waals surface area contributed by atoms with Crippen LogP contribution in [0.2, 0.25) is 0 Å². The number of ether oxygens (including phenoxy) is 29. The molecule has 48 nitrogen and oxygen atoms in total. The lowest BCUT2D eigenvalue weighted by atomic mass is 9.96. The lowest BCUT2D eigenvalue weighted by Gasteiger charge is -2.47. The van der Waals surface area contributed by atoms with Crippen molar-refractivity contribution in [3.05, 3.63) is 0 Å². The second-order valence-electron chi connectivity index (χ2n) is 27.5. The van der Waals surface area contributed by atoms with Crippen molar-refractivity contribution in [3.63, 3.8) is 0 Å². The molecule has 0 amide bonds. The highest BCUT2D eigenvalue weighted by Gasteiger charge is 2.61. The maximum Gasteiger partial charge on any atom is 0.303 e. The quantitative estimate of drug-likeness (QED) is 0.0356. The van der Waals surface area contributed by atoms with Crippen LogP contribution in [0.15, 0.2) is 0 Å². The standard InChI is InChI=1S/C72H99ClO48/c1-26(74)94-20-43-51(100-27(2)75)49(91)57(106-33(8)81)67(116-43)95-22-46-54(103-30(5)78)60(109-36(11)84)64(113-40(15)88)70(119-46)97-21-44-52(101-28(3)76)50(92)58(107-34(9)82)68(117-44)96-23-47-55(104-31(6)79)61(110-37(12)85)65(114-41(16)89)72(120-47)99-25-48-56(105-32(7)80)62(111-38(13)86)66(115-42(17)90)71(121-48)98-24-45-53(102-29(4)77)59(108-35(10)83)63(112-39(14)87)69(118-45)93-19-18-73/h43-72,91-92H,18-25H2,1-17H3/t43?,44-,45?,46?,47?,48-,49+,50?,51?,52?,53-,54-,55-,56?,57?,58?,59?,60?,61?,62+,63-,64-,65-,66?,67-,68-,69-,70?,71-,72?/m1/s1. The minimum Gasteiger partial charge on any atom is -0.463 e. The molecule has 6 fully saturated rings. The molecule has 0 radical (unpaired) electrons. The summed E-state index contributed by atoms with van der Waals surface area (Å²) in [6.45, 7) is 9.68. The van der Waals surface area contributed by atoms with Gasteiger partial charge in [-0.2, -0.15) is 0 Å². The number of carbonyl (C=O) groups excluding carboxylic acids is 17. The van der Waals surface area contributed by atoms with E-state index >= 15 is 0 Å². The van der Waals surface area contributed by atoms with Gasteiger partial charge in [0.15, 0.2) is 135 Å². The largest absolute Gasteiger partial charge is 0.463 e. The lowest BCUT2D eigenvalue weighted by molar-refractivity contribution is -0.354. The second-order valence-corrected chi connectivity index (χ2v) is 27.8. The van der Waals surface area contributed by atoms with Crippen LogP contribution in [0, 0.1) is 0 Å². The van der Waals surface area contributed by atoms with E-state index in [1.54, 1.807) is 0 Å². The molecular weight excluding hydrogens is 1670 g/mol. The van der Waals surface area contributed by atoms with Crippen molar-refractivity contribution in [1.82, 2.24) is 0 Å². The minimum absolute atomic E-state index is 0.174. The molecule has 6 heterocycles. The van der Waals surface area contributed by atoms with Gasteiger partial charge in [-0.3, -0.25) is 81.5 Å². The van der Waals surface area contributed by atoms with Crippen molar-refractivity contribution in [2.45, 2.75) is 302 Å². The summed E-state index contributed by atoms with van der Waals surface area (Å²) in [5.74, 6) is -18.3. The number of carbonyl (C=O) groups is 17. The number of esters is 17. The van der Waals surface area contributed by atoms with Crippen molar-refractivity contribution in [2.24, 2.45) is 0 Å². The van der Waals surface area contributed by atoms with E-state index in [1.807, 2.05) is 0 Å². The third kappa shape index (κ3) is 30.0. The average Bonchev–Trinajstić information content (AvgIpc) is 0.787. The van der Waals surface area contributed by atoms with Crippen LogP contribution in [-0.4, -0.2) is 348 Å². The van der Waals surface area contributed by atoms with E-state index in [2.05, 4.69) is 0 Å². The summed E-state index contributed by atoms with van der Waals surface area (Å²) in [7, 11) is 0. The Morgan fingerprint density at radius 1 is 0.207 bits per heavy atom. The second kappa shape index (κ2) is 46.8. The highest BCUT2D eigenvalue weighted by Crippen LogP contribution is 2.39. The predicted octanol–water partition coefficient (Wildman–Crippen LogP) is -3.13. The summed E-state index contributed by atoms with van der Waals surface area (Å²) >= 11 is 5.95. The van der Waals surface area contributed by atoms with E-state index in [4.69, 9.17) is 149 Å². The monoisotopic (exact) mass is 1770 g/mol. The van der Waals surface area contributed by atoms with Crippen molar-refractivity contribution in [2.75, 3.05) is 52.1 Å². The molecule has 0 aromatic heterocycles. The van der Waals surface area contributed by atoms with Gasteiger partial charge in [0.25, 0.3) is 0 Å². The molecule has 0 aliphatic carbocycles. The van der Waals surface area contributed by atoms with Gasteiger partial charge in [-0.25, -0.2) is 0 Å². The van der Waals surface area contributed by atoms with Crippen molar-refractivity contribution in [3.8, 4) is 0 Å². The van der Waals surface area contributed by atoms with Crippen LogP contribution < -0.4 is 0 Å². The molecule has 16 unspecified atom stereocenters. The van der Waals surface area contributed by atoms with E-state index in [0.717, 1.165) is 118 Å². The molecule has 0 saturated carbocycles. The number of rotatable bonds is 36. The van der Waals surface area contributed by atoms with Crippen molar-refractivity contribution in [1.29, 1.82) is 0 Å². The number of hydrogen-bond acceptors (Lipinski definition) is 48. The van der Waals surface area contributed by atoms with Crippen LogP contribution in [0.3, 0.4) is 0 Å². The number of hydrogen-bond donors (Lipinski definition) is 2. The molecular formula is C72H99ClO48. The third-order valence-corrected chi connectivity index (χ3v) is 17.5. The molecule has 682 valence electrons. The first kappa shape index (κ1) is 101. The zero-order chi connectivity index (χ0) is 90.3. The fraction of sp³-hybridized carbons (Fsp3) is 0.764. The first-order valence-corrected chi connectivity index (χ1v) is 37.7. The van der Waals surface area contributed by atoms with Crippen molar-refractivity contribution < 1.29 is 229 Å². The van der Waals surface area contributed by atoms with Gasteiger partial charge in [0, 0.05) is 124 Å². The fourth-order valence-corrected chi connectivity index (χ4v) is 13.5. The molecule has 49 heteroatoms. The summed E-state index contributed by atoms with van der Waals surface area (Å²) in [6, 6.07) is 0. The summed E-state index contributed by atoms with van der Waals surface area (Å²) in [4.78, 5) is 219. The average molecular weight is 1770 g/mol. The van der Waals surface area contributed by atoms with Crippen molar-refractivity contribution >= 4 is 113 Å². The van der Waals surface area contributed by atoms with E-state index in [9.17, 15) is 91.7 Å². The summed E-state index contributed by atoms with van der Waals surface area (Å²) < 4.78 is 169. The van der Waals surface area contributed by atoms with E-state index in [-0.39, 0.29) is 12.5 Å². The Bertz CT molecular complexity index is 3650. The molecule has 0 aromatic carbocycles. The molecule has 6 aliphatic rings. The van der Waals surface area contributed by atoms with Gasteiger partial charge in [-0.15, -0.1) is 11.6 Å². The Kier molecular flexibility index (Phi) is 38.9. The zero-order valence-electron chi connectivity index (χ0n) is 68.5. The van der Waals surface area contributed by atoms with Gasteiger partial charge in [-0.05, 0) is 0 Å². The van der Waals surface area contributed by atoms with Gasteiger partial charge in [0.2, 0.25) is 0 Å². The van der Waals surface area contributed by atoms with Crippen LogP contribution >= 0.6 is 11.6 Å². The number of halogens is 1. The smallest absolute Gasteiger partial charge is 0.303 e. The fourth-order valence-electron chi connectivity index (χ4n) is 13.4. The summed E-state index contributed by atoms with van der Waals surface area (Å²) in [5, 5.41) is 23.9. The Hall–Kier alpha value is -9.28. The van der Waals surface area contributed by atoms with Gasteiger partial charge in [-0.1, -0.05) is 0 Å². The maximum atomic E-state index is 13.3. The highest BCUT2D eigenvalue weighted by molar-refractivity contribution is 6.18. The van der Waals surface area contributed by atoms with Crippen LogP contribution in [0.1, 0.15) is 118 Å². The Labute approximate surface area is 694 Å². The zero-order valence-corrected chi connectivity index (χ0v) is 69.3. The molecule has 6 rings (SSSR count). The minimum atomic E-state index is -2.25. The highest BCUT2D eigenvalue weighted by atomic mass is 35.5. The van der Waals surface area contributed by atoms with Crippen LogP contribution in [0.4, 0.5) is 0 Å². The SMILES string of the molecule is CC(=O)OCC1O[C@@H](OCC2OC(OC[C@H]3O[C@@H](OCC4OC(OC[C@H]5O[C@@H](OCC6O[C@@H](OCCCl)[C@H](OC(C)=O)C(OC(C)=O)[C@@H]6OC(C)=O)C(OC(C)=O)[C@@H](OC(C)=O)C5OC(C)=O)[C@H](OC(C)=O)C(OC(C)=O)[C@@H]4OC(C)=O)C(OC(C)=O)C(O)C3OC(C)=O)[C@H](OC(C)=O)C(OC(C)=O)[C@@H]2OC(C)=O)C(OC(C)=O)[C@@H](O)C1OC(C)=O. The van der Waals surface area contributed by atoms with Crippen LogP contribution in [0.25, 0.3) is 0 Å². The van der Waals surface area contributed by atoms with Crippen LogP contribution in [-0.2, 0) is 219 Å². The first-order valence-electron chi connectivity index (χ1n) is 37.2. The van der Waals surface area contributed by atoms with E-state index < -0.39 is 325 Å². The van der Waals surface area contributed by atoms with Gasteiger partial charge in [0.05, 0.1) is 39.6 Å². The van der Waals surface area contributed by atoms with Gasteiger partial charge >= 0.3 is 101 Å². The summed E-state index contributed by atoms with van der Waals surface area (Å²) in [6.07, 6.45) is -57.7. The summed E-state index contributed by atoms with van der Waals surface area (Å²) in [5.41, 5.74) is 0.